The predicted molar refractivity (Wildman–Crippen MR) is 49.2 cm³/mol. The molecule has 0 bridgehead atoms. The Labute approximate surface area is 69.0 Å². The molecule has 1 aliphatic carbocycles. The van der Waals surface area contributed by atoms with E-state index in [9.17, 15) is 0 Å². The summed E-state index contributed by atoms with van der Waals surface area (Å²) in [6.07, 6.45) is 6.43. The maximum atomic E-state index is 6.00. The lowest BCUT2D eigenvalue weighted by molar-refractivity contribution is 0.540. The second kappa shape index (κ2) is 3.22. The summed E-state index contributed by atoms with van der Waals surface area (Å²) in [6, 6.07) is 0.236. The molecule has 1 heteroatoms. The third-order valence-electron chi connectivity index (χ3n) is 2.32. The smallest absolute Gasteiger partial charge is 0.0320 e. The van der Waals surface area contributed by atoms with Gasteiger partial charge in [-0.2, -0.15) is 0 Å². The highest BCUT2D eigenvalue weighted by atomic mass is 14.7. The second-order valence-corrected chi connectivity index (χ2v) is 3.59. The average Bonchev–Trinajstić information content (AvgIpc) is 1.94. The first-order chi connectivity index (χ1) is 5.13. The van der Waals surface area contributed by atoms with Gasteiger partial charge in [0.1, 0.15) is 0 Å². The Bertz CT molecular complexity index is 189. The highest BCUT2D eigenvalue weighted by Crippen LogP contribution is 2.22. The molecule has 0 aliphatic heterocycles. The van der Waals surface area contributed by atoms with E-state index in [1.54, 1.807) is 0 Å². The minimum absolute atomic E-state index is 0.236. The van der Waals surface area contributed by atoms with Crippen molar-refractivity contribution in [1.29, 1.82) is 0 Å². The summed E-state index contributed by atoms with van der Waals surface area (Å²) in [7, 11) is 0. The monoisotopic (exact) mass is 151 g/mol. The summed E-state index contributed by atoms with van der Waals surface area (Å²) < 4.78 is 0. The van der Waals surface area contributed by atoms with Crippen molar-refractivity contribution in [2.24, 2.45) is 17.6 Å². The van der Waals surface area contributed by atoms with Crippen LogP contribution in [-0.4, -0.2) is 6.04 Å². The van der Waals surface area contributed by atoms with Crippen molar-refractivity contribution in [3.8, 4) is 0 Å². The highest BCUT2D eigenvalue weighted by molar-refractivity contribution is 5.26. The van der Waals surface area contributed by atoms with Crippen LogP contribution in [0.1, 0.15) is 20.8 Å². The van der Waals surface area contributed by atoms with Crippen molar-refractivity contribution in [2.45, 2.75) is 26.8 Å². The molecule has 62 valence electrons. The van der Waals surface area contributed by atoms with Gasteiger partial charge < -0.3 is 5.73 Å². The molecule has 0 amide bonds. The molecule has 0 heterocycles. The number of nitrogens with two attached hydrogens (primary N) is 1. The third kappa shape index (κ3) is 1.72. The molecule has 1 nitrogen and oxygen atoms in total. The van der Waals surface area contributed by atoms with Crippen molar-refractivity contribution in [2.75, 3.05) is 0 Å². The van der Waals surface area contributed by atoms with Crippen molar-refractivity contribution >= 4 is 0 Å². The van der Waals surface area contributed by atoms with Crippen LogP contribution in [0.5, 0.6) is 0 Å². The molecule has 2 unspecified atom stereocenters. The van der Waals surface area contributed by atoms with Gasteiger partial charge in [0, 0.05) is 6.04 Å². The molecule has 0 radical (unpaired) electrons. The Morgan fingerprint density at radius 1 is 1.45 bits per heavy atom. The summed E-state index contributed by atoms with van der Waals surface area (Å²) >= 11 is 0. The molecule has 0 aromatic heterocycles. The molecule has 0 aromatic rings. The van der Waals surface area contributed by atoms with Gasteiger partial charge in [0.05, 0.1) is 0 Å². The minimum atomic E-state index is 0.236. The first-order valence-electron chi connectivity index (χ1n) is 4.26. The molecule has 11 heavy (non-hydrogen) atoms. The Balaban J connectivity index is 2.78. The average molecular weight is 151 g/mol. The van der Waals surface area contributed by atoms with Crippen LogP contribution in [0, 0.1) is 11.8 Å². The van der Waals surface area contributed by atoms with Crippen molar-refractivity contribution in [1.82, 2.24) is 0 Å². The number of allylic oxidation sites excluding steroid dienone is 2. The molecular formula is C10H17N. The molecule has 0 fully saturated rings. The summed E-state index contributed by atoms with van der Waals surface area (Å²) in [4.78, 5) is 0. The summed E-state index contributed by atoms with van der Waals surface area (Å²) in [5.74, 6) is 1.08. The lowest BCUT2D eigenvalue weighted by Gasteiger charge is -2.25. The Morgan fingerprint density at radius 3 is 2.55 bits per heavy atom. The van der Waals surface area contributed by atoms with Crippen LogP contribution in [0.2, 0.25) is 0 Å². The van der Waals surface area contributed by atoms with E-state index in [1.165, 1.54) is 5.57 Å². The van der Waals surface area contributed by atoms with Gasteiger partial charge in [-0.05, 0) is 11.8 Å². The SMILES string of the molecule is CC(C)C1=CC=CC(C)C1N. The van der Waals surface area contributed by atoms with Crippen LogP contribution in [-0.2, 0) is 0 Å². The normalized spacial score (nSPS) is 30.8. The zero-order valence-electron chi connectivity index (χ0n) is 7.54. The van der Waals surface area contributed by atoms with Gasteiger partial charge in [-0.25, -0.2) is 0 Å². The van der Waals surface area contributed by atoms with Gasteiger partial charge in [-0.15, -0.1) is 0 Å². The van der Waals surface area contributed by atoms with E-state index in [0.717, 1.165) is 0 Å². The summed E-state index contributed by atoms with van der Waals surface area (Å²) in [6.45, 7) is 6.55. The zero-order chi connectivity index (χ0) is 8.43. The summed E-state index contributed by atoms with van der Waals surface area (Å²) in [5, 5.41) is 0. The minimum Gasteiger partial charge on any atom is -0.324 e. The number of hydrogen-bond acceptors (Lipinski definition) is 1. The van der Waals surface area contributed by atoms with Crippen molar-refractivity contribution < 1.29 is 0 Å². The Kier molecular flexibility index (Phi) is 2.50. The van der Waals surface area contributed by atoms with E-state index < -0.39 is 0 Å². The van der Waals surface area contributed by atoms with E-state index in [2.05, 4.69) is 39.0 Å². The standard InChI is InChI=1S/C10H17N/c1-7(2)9-6-4-5-8(3)10(9)11/h4-8,10H,11H2,1-3H3. The first-order valence-corrected chi connectivity index (χ1v) is 4.26. The Morgan fingerprint density at radius 2 is 2.09 bits per heavy atom. The zero-order valence-corrected chi connectivity index (χ0v) is 7.54. The van der Waals surface area contributed by atoms with Gasteiger partial charge in [0.15, 0.2) is 0 Å². The first kappa shape index (κ1) is 8.54. The maximum absolute atomic E-state index is 6.00. The van der Waals surface area contributed by atoms with Crippen LogP contribution >= 0.6 is 0 Å². The molecule has 2 atom stereocenters. The molecule has 1 aliphatic rings. The molecule has 0 spiro atoms. The number of hydrogen-bond donors (Lipinski definition) is 1. The quantitative estimate of drug-likeness (QED) is 0.610. The van der Waals surface area contributed by atoms with Gasteiger partial charge in [0.2, 0.25) is 0 Å². The fourth-order valence-corrected chi connectivity index (χ4v) is 1.45. The van der Waals surface area contributed by atoms with Gasteiger partial charge in [0.25, 0.3) is 0 Å². The summed E-state index contributed by atoms with van der Waals surface area (Å²) in [5.41, 5.74) is 7.38. The molecule has 2 N–H and O–H groups in total. The third-order valence-corrected chi connectivity index (χ3v) is 2.32. The van der Waals surface area contributed by atoms with Crippen LogP contribution in [0.15, 0.2) is 23.8 Å². The molecule has 0 aromatic carbocycles. The van der Waals surface area contributed by atoms with Crippen molar-refractivity contribution in [3.63, 3.8) is 0 Å². The van der Waals surface area contributed by atoms with E-state index >= 15 is 0 Å². The molecule has 0 saturated heterocycles. The highest BCUT2D eigenvalue weighted by Gasteiger charge is 2.19. The molecular weight excluding hydrogens is 134 g/mol. The van der Waals surface area contributed by atoms with E-state index in [1.807, 2.05) is 0 Å². The topological polar surface area (TPSA) is 26.0 Å². The fourth-order valence-electron chi connectivity index (χ4n) is 1.45. The molecule has 0 saturated carbocycles. The van der Waals surface area contributed by atoms with Crippen LogP contribution in [0.4, 0.5) is 0 Å². The second-order valence-electron chi connectivity index (χ2n) is 3.59. The number of rotatable bonds is 1. The van der Waals surface area contributed by atoms with Gasteiger partial charge in [-0.1, -0.05) is 44.6 Å². The fraction of sp³-hybridized carbons (Fsp3) is 0.600. The molecule has 1 rings (SSSR count). The largest absolute Gasteiger partial charge is 0.324 e. The lowest BCUT2D eigenvalue weighted by atomic mass is 9.85. The van der Waals surface area contributed by atoms with E-state index in [-0.39, 0.29) is 6.04 Å². The van der Waals surface area contributed by atoms with Crippen LogP contribution < -0.4 is 5.73 Å². The lowest BCUT2D eigenvalue weighted by Crippen LogP contribution is -2.32. The van der Waals surface area contributed by atoms with Crippen LogP contribution in [0.25, 0.3) is 0 Å². The van der Waals surface area contributed by atoms with Gasteiger partial charge >= 0.3 is 0 Å². The van der Waals surface area contributed by atoms with Crippen LogP contribution in [0.3, 0.4) is 0 Å². The van der Waals surface area contributed by atoms with E-state index in [0.29, 0.717) is 11.8 Å². The van der Waals surface area contributed by atoms with Gasteiger partial charge in [-0.3, -0.25) is 0 Å². The maximum Gasteiger partial charge on any atom is 0.0320 e. The van der Waals surface area contributed by atoms with E-state index in [4.69, 9.17) is 5.73 Å². The van der Waals surface area contributed by atoms with Crippen molar-refractivity contribution in [3.05, 3.63) is 23.8 Å². The Hall–Kier alpha value is -0.560. The predicted octanol–water partition coefficient (Wildman–Crippen LogP) is 2.10.